The average molecular weight is 310 g/mol. The molecule has 0 spiro atoms. The van der Waals surface area contributed by atoms with Gasteiger partial charge in [0.05, 0.1) is 0 Å². The number of rotatable bonds is 5. The van der Waals surface area contributed by atoms with Crippen molar-refractivity contribution in [3.63, 3.8) is 0 Å². The summed E-state index contributed by atoms with van der Waals surface area (Å²) in [6.45, 7) is 3.70. The Kier molecular flexibility index (Phi) is 4.86. The second-order valence-corrected chi connectivity index (χ2v) is 5.77. The smallest absolute Gasteiger partial charge is 0.271 e. The fraction of sp³-hybridized carbons (Fsp3) is 0.389. The van der Waals surface area contributed by atoms with E-state index >= 15 is 0 Å². The predicted molar refractivity (Wildman–Crippen MR) is 91.0 cm³/mol. The molecule has 5 nitrogen and oxygen atoms in total. The summed E-state index contributed by atoms with van der Waals surface area (Å²) < 4.78 is 0. The molecule has 1 aliphatic rings. The Morgan fingerprint density at radius 2 is 2.09 bits per heavy atom. The SMILES string of the molecule is CCCCNC(=O)c1ccc(N2CCCc3ccccc32)nn1. The molecule has 0 unspecified atom stereocenters. The topological polar surface area (TPSA) is 58.1 Å². The third-order valence-electron chi connectivity index (χ3n) is 4.09. The van der Waals surface area contributed by atoms with Crippen LogP contribution in [0.4, 0.5) is 11.5 Å². The van der Waals surface area contributed by atoms with Crippen LogP contribution in [-0.4, -0.2) is 29.2 Å². The van der Waals surface area contributed by atoms with Gasteiger partial charge in [-0.3, -0.25) is 4.79 Å². The number of unbranched alkanes of at least 4 members (excludes halogenated alkanes) is 1. The van der Waals surface area contributed by atoms with Gasteiger partial charge >= 0.3 is 0 Å². The molecule has 0 bridgehead atoms. The maximum Gasteiger partial charge on any atom is 0.271 e. The Hall–Kier alpha value is -2.43. The normalized spacial score (nSPS) is 13.5. The number of hydrogen-bond donors (Lipinski definition) is 1. The van der Waals surface area contributed by atoms with Crippen molar-refractivity contribution in [3.8, 4) is 0 Å². The number of hydrogen-bond acceptors (Lipinski definition) is 4. The summed E-state index contributed by atoms with van der Waals surface area (Å²) >= 11 is 0. The van der Waals surface area contributed by atoms with Crippen LogP contribution >= 0.6 is 0 Å². The van der Waals surface area contributed by atoms with Crippen molar-refractivity contribution in [1.82, 2.24) is 15.5 Å². The molecular formula is C18H22N4O. The number of para-hydroxylation sites is 1. The number of nitrogens with one attached hydrogen (secondary N) is 1. The zero-order chi connectivity index (χ0) is 16.1. The Balaban J connectivity index is 1.74. The highest BCUT2D eigenvalue weighted by atomic mass is 16.1. The summed E-state index contributed by atoms with van der Waals surface area (Å²) in [5.74, 6) is 0.638. The summed E-state index contributed by atoms with van der Waals surface area (Å²) in [7, 11) is 0. The van der Waals surface area contributed by atoms with E-state index in [1.54, 1.807) is 6.07 Å². The van der Waals surface area contributed by atoms with Crippen LogP contribution in [0.5, 0.6) is 0 Å². The summed E-state index contributed by atoms with van der Waals surface area (Å²) in [6.07, 6.45) is 4.22. The van der Waals surface area contributed by atoms with Gasteiger partial charge in [0.1, 0.15) is 0 Å². The molecular weight excluding hydrogens is 288 g/mol. The van der Waals surface area contributed by atoms with Crippen molar-refractivity contribution >= 4 is 17.4 Å². The van der Waals surface area contributed by atoms with Crippen molar-refractivity contribution in [3.05, 3.63) is 47.7 Å². The standard InChI is InChI=1S/C18H22N4O/c1-2-3-12-19-18(23)15-10-11-17(21-20-15)22-13-6-8-14-7-4-5-9-16(14)22/h4-5,7,9-11H,2-3,6,8,12-13H2,1H3,(H,19,23). The van der Waals surface area contributed by atoms with Crippen molar-refractivity contribution in [2.24, 2.45) is 0 Å². The third-order valence-corrected chi connectivity index (χ3v) is 4.09. The number of fused-ring (bicyclic) bond motifs is 1. The molecule has 1 aromatic heterocycles. The molecule has 0 saturated carbocycles. The van der Waals surface area contributed by atoms with Crippen LogP contribution in [0.15, 0.2) is 36.4 Å². The molecule has 0 saturated heterocycles. The van der Waals surface area contributed by atoms with Crippen molar-refractivity contribution in [2.75, 3.05) is 18.0 Å². The van der Waals surface area contributed by atoms with Gasteiger partial charge in [-0.25, -0.2) is 0 Å². The van der Waals surface area contributed by atoms with Crippen molar-refractivity contribution in [1.29, 1.82) is 0 Å². The van der Waals surface area contributed by atoms with E-state index in [9.17, 15) is 4.79 Å². The number of aryl methyl sites for hydroxylation is 1. The minimum absolute atomic E-state index is 0.156. The molecule has 5 heteroatoms. The molecule has 3 rings (SSSR count). The summed E-state index contributed by atoms with van der Waals surface area (Å²) in [5, 5.41) is 11.2. The summed E-state index contributed by atoms with van der Waals surface area (Å²) in [6, 6.07) is 12.0. The number of benzene rings is 1. The van der Waals surface area contributed by atoms with Gasteiger partial charge in [-0.15, -0.1) is 10.2 Å². The molecule has 2 aromatic rings. The highest BCUT2D eigenvalue weighted by Crippen LogP contribution is 2.31. The van der Waals surface area contributed by atoms with Crippen LogP contribution in [0.3, 0.4) is 0 Å². The van der Waals surface area contributed by atoms with Gasteiger partial charge in [-0.1, -0.05) is 31.5 Å². The van der Waals surface area contributed by atoms with E-state index in [4.69, 9.17) is 0 Å². The number of aromatic nitrogens is 2. The van der Waals surface area contributed by atoms with E-state index in [-0.39, 0.29) is 5.91 Å². The lowest BCUT2D eigenvalue weighted by atomic mass is 10.0. The summed E-state index contributed by atoms with van der Waals surface area (Å²) in [4.78, 5) is 14.1. The molecule has 2 heterocycles. The Labute approximate surface area is 136 Å². The fourth-order valence-corrected chi connectivity index (χ4v) is 2.83. The molecule has 1 aromatic carbocycles. The van der Waals surface area contributed by atoms with Crippen LogP contribution in [0, 0.1) is 0 Å². The first-order valence-corrected chi connectivity index (χ1v) is 8.27. The third kappa shape index (κ3) is 3.50. The molecule has 1 amide bonds. The maximum absolute atomic E-state index is 12.0. The maximum atomic E-state index is 12.0. The minimum Gasteiger partial charge on any atom is -0.351 e. The minimum atomic E-state index is -0.156. The van der Waals surface area contributed by atoms with E-state index in [1.165, 1.54) is 11.3 Å². The van der Waals surface area contributed by atoms with Crippen LogP contribution in [0.2, 0.25) is 0 Å². The molecule has 1 aliphatic heterocycles. The second kappa shape index (κ2) is 7.22. The van der Waals surface area contributed by atoms with Crippen LogP contribution in [-0.2, 0) is 6.42 Å². The van der Waals surface area contributed by atoms with Crippen LogP contribution < -0.4 is 10.2 Å². The lowest BCUT2D eigenvalue weighted by Gasteiger charge is -2.29. The first-order chi connectivity index (χ1) is 11.3. The van der Waals surface area contributed by atoms with Crippen LogP contribution in [0.25, 0.3) is 0 Å². The van der Waals surface area contributed by atoms with Gasteiger partial charge in [-0.2, -0.15) is 0 Å². The Morgan fingerprint density at radius 3 is 2.87 bits per heavy atom. The average Bonchev–Trinajstić information content (AvgIpc) is 2.61. The van der Waals surface area contributed by atoms with Gasteiger partial charge in [0, 0.05) is 18.8 Å². The highest BCUT2D eigenvalue weighted by molar-refractivity contribution is 5.92. The van der Waals surface area contributed by atoms with Gasteiger partial charge in [0.15, 0.2) is 11.5 Å². The lowest BCUT2D eigenvalue weighted by molar-refractivity contribution is 0.0947. The number of anilines is 2. The van der Waals surface area contributed by atoms with Gasteiger partial charge in [-0.05, 0) is 43.0 Å². The molecule has 1 N–H and O–H groups in total. The van der Waals surface area contributed by atoms with Gasteiger partial charge in [0.25, 0.3) is 5.91 Å². The molecule has 0 aliphatic carbocycles. The predicted octanol–water partition coefficient (Wildman–Crippen LogP) is 3.09. The van der Waals surface area contributed by atoms with E-state index in [2.05, 4.69) is 45.5 Å². The van der Waals surface area contributed by atoms with E-state index in [0.29, 0.717) is 12.2 Å². The summed E-state index contributed by atoms with van der Waals surface area (Å²) in [5.41, 5.74) is 2.89. The molecule has 0 atom stereocenters. The number of carbonyl (C=O) groups excluding carboxylic acids is 1. The van der Waals surface area contributed by atoms with Crippen molar-refractivity contribution in [2.45, 2.75) is 32.6 Å². The lowest BCUT2D eigenvalue weighted by Crippen LogP contribution is -2.27. The molecule has 120 valence electrons. The first-order valence-electron chi connectivity index (χ1n) is 8.27. The number of nitrogens with zero attached hydrogens (tertiary/aromatic N) is 3. The monoisotopic (exact) mass is 310 g/mol. The van der Waals surface area contributed by atoms with Crippen LogP contribution in [0.1, 0.15) is 42.2 Å². The molecule has 23 heavy (non-hydrogen) atoms. The Bertz CT molecular complexity index is 669. The van der Waals surface area contributed by atoms with Gasteiger partial charge < -0.3 is 10.2 Å². The molecule has 0 fully saturated rings. The first kappa shape index (κ1) is 15.5. The number of carbonyl (C=O) groups is 1. The largest absolute Gasteiger partial charge is 0.351 e. The van der Waals surface area contributed by atoms with Crippen molar-refractivity contribution < 1.29 is 4.79 Å². The van der Waals surface area contributed by atoms with E-state index < -0.39 is 0 Å². The Morgan fingerprint density at radius 1 is 1.22 bits per heavy atom. The quantitative estimate of drug-likeness (QED) is 0.862. The highest BCUT2D eigenvalue weighted by Gasteiger charge is 2.19. The number of amides is 1. The zero-order valence-corrected chi connectivity index (χ0v) is 13.5. The molecule has 0 radical (unpaired) electrons. The fourth-order valence-electron chi connectivity index (χ4n) is 2.83. The zero-order valence-electron chi connectivity index (χ0n) is 13.5. The van der Waals surface area contributed by atoms with Gasteiger partial charge in [0.2, 0.25) is 0 Å². The second-order valence-electron chi connectivity index (χ2n) is 5.77. The van der Waals surface area contributed by atoms with E-state index in [0.717, 1.165) is 38.0 Å². The van der Waals surface area contributed by atoms with E-state index in [1.807, 2.05) is 12.1 Å².